The predicted molar refractivity (Wildman–Crippen MR) is 98.7 cm³/mol. The molecule has 1 atom stereocenters. The van der Waals surface area contributed by atoms with Crippen LogP contribution in [0.2, 0.25) is 5.02 Å². The third-order valence-electron chi connectivity index (χ3n) is 4.55. The molecule has 9 heteroatoms. The maximum atomic E-state index is 13.8. The molecule has 0 bridgehead atoms. The van der Waals surface area contributed by atoms with E-state index in [1.54, 1.807) is 6.92 Å². The molecule has 1 aliphatic heterocycles. The van der Waals surface area contributed by atoms with Crippen molar-refractivity contribution in [2.24, 2.45) is 0 Å². The molecule has 4 amide bonds. The summed E-state index contributed by atoms with van der Waals surface area (Å²) in [5, 5.41) is 5.09. The van der Waals surface area contributed by atoms with Crippen LogP contribution in [0.25, 0.3) is 0 Å². The summed E-state index contributed by atoms with van der Waals surface area (Å²) in [5.74, 6) is -2.60. The molecule has 2 N–H and O–H groups in total. The van der Waals surface area contributed by atoms with Gasteiger partial charge in [-0.05, 0) is 42.3 Å². The van der Waals surface area contributed by atoms with E-state index >= 15 is 0 Å². The monoisotopic (exact) mass is 407 g/mol. The third-order valence-corrected chi connectivity index (χ3v) is 4.78. The summed E-state index contributed by atoms with van der Waals surface area (Å²) in [4.78, 5) is 38.3. The van der Waals surface area contributed by atoms with Crippen molar-refractivity contribution in [2.45, 2.75) is 18.9 Å². The van der Waals surface area contributed by atoms with Crippen LogP contribution >= 0.6 is 11.6 Å². The van der Waals surface area contributed by atoms with E-state index in [0.717, 1.165) is 11.0 Å². The smallest absolute Gasteiger partial charge is 0.322 e. The fourth-order valence-corrected chi connectivity index (χ4v) is 3.24. The Hall–Kier alpha value is -3.00. The topological polar surface area (TPSA) is 78.5 Å². The number of urea groups is 1. The lowest BCUT2D eigenvalue weighted by Crippen LogP contribution is -2.44. The van der Waals surface area contributed by atoms with Gasteiger partial charge >= 0.3 is 6.03 Å². The van der Waals surface area contributed by atoms with Gasteiger partial charge in [0.1, 0.15) is 23.7 Å². The van der Waals surface area contributed by atoms with Crippen LogP contribution in [-0.4, -0.2) is 29.3 Å². The molecule has 0 aliphatic carbocycles. The van der Waals surface area contributed by atoms with Crippen LogP contribution in [0.4, 0.5) is 19.3 Å². The molecular formula is C19H16ClF2N3O3. The van der Waals surface area contributed by atoms with Gasteiger partial charge in [-0.15, -0.1) is 0 Å². The number of hydrogen-bond acceptors (Lipinski definition) is 3. The van der Waals surface area contributed by atoms with Gasteiger partial charge in [0, 0.05) is 5.02 Å². The molecule has 0 radical (unpaired) electrons. The van der Waals surface area contributed by atoms with Gasteiger partial charge in [0.25, 0.3) is 5.91 Å². The molecule has 1 heterocycles. The Labute approximate surface area is 164 Å². The van der Waals surface area contributed by atoms with Crippen LogP contribution in [0, 0.1) is 11.6 Å². The van der Waals surface area contributed by atoms with Gasteiger partial charge < -0.3 is 10.6 Å². The zero-order chi connectivity index (χ0) is 20.5. The van der Waals surface area contributed by atoms with E-state index in [1.807, 2.05) is 0 Å². The largest absolute Gasteiger partial charge is 0.325 e. The Morgan fingerprint density at radius 2 is 1.86 bits per heavy atom. The highest BCUT2D eigenvalue weighted by Crippen LogP contribution is 2.32. The Kier molecular flexibility index (Phi) is 5.33. The molecule has 6 nitrogen and oxygen atoms in total. The summed E-state index contributed by atoms with van der Waals surface area (Å²) in [6.07, 6.45) is 0.199. The van der Waals surface area contributed by atoms with Crippen molar-refractivity contribution >= 4 is 35.1 Å². The van der Waals surface area contributed by atoms with E-state index in [-0.39, 0.29) is 17.1 Å². The van der Waals surface area contributed by atoms with Crippen molar-refractivity contribution < 1.29 is 23.2 Å². The van der Waals surface area contributed by atoms with Gasteiger partial charge in [-0.25, -0.2) is 13.6 Å². The van der Waals surface area contributed by atoms with Crippen LogP contribution in [0.1, 0.15) is 18.9 Å². The van der Waals surface area contributed by atoms with Crippen molar-refractivity contribution in [2.75, 3.05) is 11.9 Å². The Balaban J connectivity index is 1.80. The summed E-state index contributed by atoms with van der Waals surface area (Å²) in [6, 6.07) is 8.04. The molecule has 2 aromatic carbocycles. The molecule has 0 unspecified atom stereocenters. The molecule has 0 aromatic heterocycles. The number of nitrogens with zero attached hydrogens (tertiary/aromatic N) is 1. The molecular weight excluding hydrogens is 392 g/mol. The zero-order valence-corrected chi connectivity index (χ0v) is 15.5. The second kappa shape index (κ2) is 7.55. The van der Waals surface area contributed by atoms with Crippen molar-refractivity contribution in [3.63, 3.8) is 0 Å². The van der Waals surface area contributed by atoms with Crippen molar-refractivity contribution in [1.82, 2.24) is 10.2 Å². The molecule has 1 fully saturated rings. The number of carbonyl (C=O) groups is 3. The van der Waals surface area contributed by atoms with Gasteiger partial charge in [-0.1, -0.05) is 30.7 Å². The minimum Gasteiger partial charge on any atom is -0.322 e. The number of amides is 4. The molecule has 0 saturated carbocycles. The second-order valence-electron chi connectivity index (χ2n) is 6.26. The average molecular weight is 408 g/mol. The number of benzene rings is 2. The van der Waals surface area contributed by atoms with Gasteiger partial charge in [0.15, 0.2) is 0 Å². The van der Waals surface area contributed by atoms with Gasteiger partial charge in [-0.2, -0.15) is 0 Å². The van der Waals surface area contributed by atoms with E-state index in [9.17, 15) is 23.2 Å². The summed E-state index contributed by atoms with van der Waals surface area (Å²) in [5.41, 5.74) is -1.16. The van der Waals surface area contributed by atoms with Gasteiger partial charge in [-0.3, -0.25) is 14.5 Å². The van der Waals surface area contributed by atoms with Crippen molar-refractivity contribution in [1.29, 1.82) is 0 Å². The van der Waals surface area contributed by atoms with Gasteiger partial charge in [0.05, 0.1) is 5.69 Å². The average Bonchev–Trinajstić information content (AvgIpc) is 2.90. The van der Waals surface area contributed by atoms with E-state index < -0.39 is 41.6 Å². The highest BCUT2D eigenvalue weighted by atomic mass is 35.5. The Morgan fingerprint density at radius 1 is 1.18 bits per heavy atom. The van der Waals surface area contributed by atoms with Crippen LogP contribution in [0.15, 0.2) is 42.5 Å². The van der Waals surface area contributed by atoms with E-state index in [1.165, 1.54) is 36.4 Å². The number of anilines is 1. The highest BCUT2D eigenvalue weighted by Gasteiger charge is 2.51. The fraction of sp³-hybridized carbons (Fsp3) is 0.211. The van der Waals surface area contributed by atoms with Crippen LogP contribution in [0.3, 0.4) is 0 Å². The van der Waals surface area contributed by atoms with Gasteiger partial charge in [0.2, 0.25) is 5.91 Å². The minimum absolute atomic E-state index is 0.162. The lowest BCUT2D eigenvalue weighted by molar-refractivity contribution is -0.134. The van der Waals surface area contributed by atoms with Crippen LogP contribution < -0.4 is 10.6 Å². The predicted octanol–water partition coefficient (Wildman–Crippen LogP) is 3.41. The first-order valence-corrected chi connectivity index (χ1v) is 8.79. The quantitative estimate of drug-likeness (QED) is 0.745. The van der Waals surface area contributed by atoms with Crippen LogP contribution in [-0.2, 0) is 15.1 Å². The summed E-state index contributed by atoms with van der Waals surface area (Å²) < 4.78 is 27.0. The molecule has 146 valence electrons. The molecule has 3 rings (SSSR count). The van der Waals surface area contributed by atoms with E-state index in [0.29, 0.717) is 5.56 Å². The first kappa shape index (κ1) is 19.8. The van der Waals surface area contributed by atoms with E-state index in [4.69, 9.17) is 11.6 Å². The molecule has 0 spiro atoms. The SMILES string of the molecule is CC[C@]1(c2ccc(F)cc2)NC(=O)N(CC(=O)Nc2cc(Cl)ccc2F)C1=O. The summed E-state index contributed by atoms with van der Waals surface area (Å²) in [7, 11) is 0. The second-order valence-corrected chi connectivity index (χ2v) is 6.70. The number of hydrogen-bond donors (Lipinski definition) is 2. The lowest BCUT2D eigenvalue weighted by Gasteiger charge is -2.25. The molecule has 2 aromatic rings. The standard InChI is InChI=1S/C19H16ClF2N3O3/c1-2-19(11-3-6-13(21)7-4-11)17(27)25(18(28)24-19)10-16(26)23-15-9-12(20)5-8-14(15)22/h3-9H,2,10H2,1H3,(H,23,26)(H,24,28)/t19-/m1/s1. The number of carbonyl (C=O) groups excluding carboxylic acids is 3. The van der Waals surface area contributed by atoms with Crippen molar-refractivity contribution in [3.8, 4) is 0 Å². The molecule has 1 aliphatic rings. The summed E-state index contributed by atoms with van der Waals surface area (Å²) in [6.45, 7) is 1.08. The lowest BCUT2D eigenvalue weighted by atomic mass is 9.87. The highest BCUT2D eigenvalue weighted by molar-refractivity contribution is 6.30. The summed E-state index contributed by atoms with van der Waals surface area (Å²) >= 11 is 5.78. The first-order chi connectivity index (χ1) is 13.3. The maximum Gasteiger partial charge on any atom is 0.325 e. The van der Waals surface area contributed by atoms with E-state index in [2.05, 4.69) is 10.6 Å². The first-order valence-electron chi connectivity index (χ1n) is 8.42. The third kappa shape index (κ3) is 3.55. The Morgan fingerprint density at radius 3 is 2.50 bits per heavy atom. The normalized spacial score (nSPS) is 18.9. The molecule has 28 heavy (non-hydrogen) atoms. The number of halogens is 3. The number of nitrogens with one attached hydrogen (secondary N) is 2. The minimum atomic E-state index is -1.40. The molecule has 1 saturated heterocycles. The fourth-order valence-electron chi connectivity index (χ4n) is 3.07. The van der Waals surface area contributed by atoms with Crippen molar-refractivity contribution in [3.05, 3.63) is 64.7 Å². The van der Waals surface area contributed by atoms with Crippen LogP contribution in [0.5, 0.6) is 0 Å². The maximum absolute atomic E-state index is 13.8. The Bertz CT molecular complexity index is 952. The zero-order valence-electron chi connectivity index (χ0n) is 14.8. The number of rotatable bonds is 5. The number of imide groups is 1.